The molecule has 0 spiro atoms. The first-order chi connectivity index (χ1) is 13.6. The van der Waals surface area contributed by atoms with Crippen LogP contribution in [0, 0.1) is 12.7 Å². The molecule has 1 saturated heterocycles. The Morgan fingerprint density at radius 1 is 1.32 bits per heavy atom. The van der Waals surface area contributed by atoms with Gasteiger partial charge in [-0.1, -0.05) is 12.1 Å². The lowest BCUT2D eigenvalue weighted by molar-refractivity contribution is 0.122. The Hall–Kier alpha value is -2.67. The molecule has 28 heavy (non-hydrogen) atoms. The highest BCUT2D eigenvalue weighted by Gasteiger charge is 2.31. The van der Waals surface area contributed by atoms with Gasteiger partial charge in [0.05, 0.1) is 18.9 Å². The lowest BCUT2D eigenvalue weighted by atomic mass is 10.1. The molecule has 0 radical (unpaired) electrons. The van der Waals surface area contributed by atoms with E-state index < -0.39 is 6.09 Å². The number of carbonyl (C=O) groups excluding carboxylic acids is 1. The van der Waals surface area contributed by atoms with Gasteiger partial charge in [-0.15, -0.1) is 0 Å². The first-order valence-electron chi connectivity index (χ1n) is 9.64. The number of aromatic nitrogens is 1. The third kappa shape index (κ3) is 4.42. The van der Waals surface area contributed by atoms with Crippen LogP contribution in [0.5, 0.6) is 5.75 Å². The van der Waals surface area contributed by atoms with E-state index in [0.29, 0.717) is 30.4 Å². The van der Waals surface area contributed by atoms with E-state index in [4.69, 9.17) is 14.5 Å². The zero-order valence-corrected chi connectivity index (χ0v) is 15.9. The van der Waals surface area contributed by atoms with Crippen molar-refractivity contribution in [2.45, 2.75) is 32.2 Å². The number of hydrogen-bond donors (Lipinski definition) is 1. The lowest BCUT2D eigenvalue weighted by Gasteiger charge is -2.29. The van der Waals surface area contributed by atoms with Gasteiger partial charge in [-0.3, -0.25) is 0 Å². The molecule has 0 atom stereocenters. The molecule has 2 heterocycles. The molecule has 2 fully saturated rings. The number of pyridine rings is 1. The second kappa shape index (κ2) is 8.14. The van der Waals surface area contributed by atoms with Crippen LogP contribution in [0.4, 0.5) is 15.0 Å². The van der Waals surface area contributed by atoms with Gasteiger partial charge in [0.25, 0.3) is 0 Å². The quantitative estimate of drug-likeness (QED) is 0.853. The van der Waals surface area contributed by atoms with Crippen molar-refractivity contribution in [3.05, 3.63) is 53.0 Å². The summed E-state index contributed by atoms with van der Waals surface area (Å²) < 4.78 is 24.3. The van der Waals surface area contributed by atoms with E-state index in [9.17, 15) is 9.18 Å². The SMILES string of the molecule is Cc1cc(N2CCOCC2)nc(C2CC2)c1OC(=O)NCc1cccc(F)c1. The van der Waals surface area contributed by atoms with Crippen molar-refractivity contribution in [3.8, 4) is 5.75 Å². The summed E-state index contributed by atoms with van der Waals surface area (Å²) in [6, 6.07) is 8.09. The van der Waals surface area contributed by atoms with Gasteiger partial charge in [0.15, 0.2) is 5.75 Å². The summed E-state index contributed by atoms with van der Waals surface area (Å²) in [6.07, 6.45) is 1.55. The summed E-state index contributed by atoms with van der Waals surface area (Å²) in [5, 5.41) is 2.68. The van der Waals surface area contributed by atoms with Crippen LogP contribution in [0.15, 0.2) is 30.3 Å². The van der Waals surface area contributed by atoms with Gasteiger partial charge in [-0.2, -0.15) is 0 Å². The number of hydrogen-bond acceptors (Lipinski definition) is 5. The Kier molecular flexibility index (Phi) is 5.43. The van der Waals surface area contributed by atoms with Crippen LogP contribution in [-0.4, -0.2) is 37.4 Å². The monoisotopic (exact) mass is 385 g/mol. The number of rotatable bonds is 5. The van der Waals surface area contributed by atoms with Gasteiger partial charge in [0.1, 0.15) is 11.6 Å². The summed E-state index contributed by atoms with van der Waals surface area (Å²) in [6.45, 7) is 5.15. The van der Waals surface area contributed by atoms with Crippen LogP contribution in [0.3, 0.4) is 0 Å². The molecule has 1 aliphatic carbocycles. The second-order valence-electron chi connectivity index (χ2n) is 7.26. The fraction of sp³-hybridized carbons (Fsp3) is 0.429. The number of ether oxygens (including phenoxy) is 2. The minimum Gasteiger partial charge on any atom is -0.408 e. The van der Waals surface area contributed by atoms with E-state index in [0.717, 1.165) is 43.0 Å². The Morgan fingerprint density at radius 3 is 2.82 bits per heavy atom. The molecular weight excluding hydrogens is 361 g/mol. The fourth-order valence-electron chi connectivity index (χ4n) is 3.34. The highest BCUT2D eigenvalue weighted by atomic mass is 19.1. The van der Waals surface area contributed by atoms with Crippen molar-refractivity contribution in [2.24, 2.45) is 0 Å². The third-order valence-electron chi connectivity index (χ3n) is 4.99. The van der Waals surface area contributed by atoms with Gasteiger partial charge in [0, 0.05) is 25.6 Å². The molecular formula is C21H24FN3O3. The molecule has 148 valence electrons. The minimum atomic E-state index is -0.560. The third-order valence-corrected chi connectivity index (χ3v) is 4.99. The van der Waals surface area contributed by atoms with E-state index in [2.05, 4.69) is 10.2 Å². The molecule has 4 rings (SSSR count). The molecule has 2 aromatic rings. The number of nitrogens with one attached hydrogen (secondary N) is 1. The van der Waals surface area contributed by atoms with Crippen molar-refractivity contribution in [2.75, 3.05) is 31.2 Å². The maximum Gasteiger partial charge on any atom is 0.412 e. The molecule has 1 aromatic carbocycles. The Bertz CT molecular complexity index is 864. The van der Waals surface area contributed by atoms with Crippen molar-refractivity contribution in [1.29, 1.82) is 0 Å². The lowest BCUT2D eigenvalue weighted by Crippen LogP contribution is -2.37. The summed E-state index contributed by atoms with van der Waals surface area (Å²) in [5.41, 5.74) is 2.42. The van der Waals surface area contributed by atoms with Gasteiger partial charge >= 0.3 is 6.09 Å². The number of anilines is 1. The Labute approximate surface area is 163 Å². The molecule has 1 aromatic heterocycles. The number of morpholine rings is 1. The zero-order chi connectivity index (χ0) is 19.5. The molecule has 1 amide bonds. The highest BCUT2D eigenvalue weighted by molar-refractivity contribution is 5.72. The molecule has 1 saturated carbocycles. The number of benzene rings is 1. The van der Waals surface area contributed by atoms with Crippen LogP contribution in [0.25, 0.3) is 0 Å². The molecule has 7 heteroatoms. The Balaban J connectivity index is 1.48. The van der Waals surface area contributed by atoms with Crippen LogP contribution >= 0.6 is 0 Å². The van der Waals surface area contributed by atoms with Gasteiger partial charge in [-0.25, -0.2) is 14.2 Å². The number of amides is 1. The topological polar surface area (TPSA) is 63.7 Å². The smallest absolute Gasteiger partial charge is 0.408 e. The van der Waals surface area contributed by atoms with Crippen molar-refractivity contribution >= 4 is 11.9 Å². The van der Waals surface area contributed by atoms with Crippen LogP contribution < -0.4 is 15.0 Å². The number of nitrogens with zero attached hydrogens (tertiary/aromatic N) is 2. The first-order valence-corrected chi connectivity index (χ1v) is 9.64. The summed E-state index contributed by atoms with van der Waals surface area (Å²) in [5.74, 6) is 1.46. The maximum absolute atomic E-state index is 13.3. The molecule has 1 aliphatic heterocycles. The molecule has 2 aliphatic rings. The van der Waals surface area contributed by atoms with Gasteiger partial charge < -0.3 is 19.7 Å². The maximum atomic E-state index is 13.3. The van der Waals surface area contributed by atoms with Crippen molar-refractivity contribution in [1.82, 2.24) is 10.3 Å². The van der Waals surface area contributed by atoms with Gasteiger partial charge in [-0.05, 0) is 49.1 Å². The normalized spacial score (nSPS) is 16.7. The van der Waals surface area contributed by atoms with Gasteiger partial charge in [0.2, 0.25) is 0 Å². The van der Waals surface area contributed by atoms with Crippen LogP contribution in [0.2, 0.25) is 0 Å². The fourth-order valence-corrected chi connectivity index (χ4v) is 3.34. The average Bonchev–Trinajstić information content (AvgIpc) is 3.54. The number of aryl methyl sites for hydroxylation is 1. The number of carbonyl (C=O) groups is 1. The molecule has 0 unspecified atom stereocenters. The van der Waals surface area contributed by atoms with E-state index in [1.54, 1.807) is 12.1 Å². The minimum absolute atomic E-state index is 0.202. The summed E-state index contributed by atoms with van der Waals surface area (Å²) in [4.78, 5) is 19.3. The van der Waals surface area contributed by atoms with E-state index in [-0.39, 0.29) is 12.4 Å². The summed E-state index contributed by atoms with van der Waals surface area (Å²) in [7, 11) is 0. The molecule has 6 nitrogen and oxygen atoms in total. The van der Waals surface area contributed by atoms with Crippen LogP contribution in [-0.2, 0) is 11.3 Å². The number of halogens is 1. The first kappa shape index (κ1) is 18.7. The standard InChI is InChI=1S/C21H24FN3O3/c1-14-11-18(25-7-9-27-10-8-25)24-19(16-5-6-16)20(14)28-21(26)23-13-15-3-2-4-17(22)12-15/h2-4,11-12,16H,5-10,13H2,1H3,(H,23,26). The zero-order valence-electron chi connectivity index (χ0n) is 15.9. The van der Waals surface area contributed by atoms with Crippen molar-refractivity contribution in [3.63, 3.8) is 0 Å². The summed E-state index contributed by atoms with van der Waals surface area (Å²) >= 11 is 0. The highest BCUT2D eigenvalue weighted by Crippen LogP contribution is 2.45. The molecule has 0 bridgehead atoms. The van der Waals surface area contributed by atoms with Crippen LogP contribution in [0.1, 0.15) is 35.6 Å². The predicted molar refractivity (Wildman–Crippen MR) is 103 cm³/mol. The van der Waals surface area contributed by atoms with E-state index in [1.807, 2.05) is 13.0 Å². The van der Waals surface area contributed by atoms with E-state index >= 15 is 0 Å². The average molecular weight is 385 g/mol. The second-order valence-corrected chi connectivity index (χ2v) is 7.26. The largest absolute Gasteiger partial charge is 0.412 e. The van der Waals surface area contributed by atoms with Crippen molar-refractivity contribution < 1.29 is 18.7 Å². The molecule has 1 N–H and O–H groups in total. The van der Waals surface area contributed by atoms with E-state index in [1.165, 1.54) is 12.1 Å². The Morgan fingerprint density at radius 2 is 2.11 bits per heavy atom. The predicted octanol–water partition coefficient (Wildman–Crippen LogP) is 3.53.